The van der Waals surface area contributed by atoms with Crippen molar-refractivity contribution in [2.75, 3.05) is 0 Å². The normalized spacial score (nSPS) is 12.8. The molecule has 0 unspecified atom stereocenters. The van der Waals surface area contributed by atoms with Gasteiger partial charge in [-0.1, -0.05) is 48.5 Å². The van der Waals surface area contributed by atoms with E-state index in [4.69, 9.17) is 10.9 Å². The number of pyridine rings is 1. The number of hydrogen-bond acceptors (Lipinski definition) is 4. The highest BCUT2D eigenvalue weighted by molar-refractivity contribution is 7.89. The highest BCUT2D eigenvalue weighted by Gasteiger charge is 2.17. The van der Waals surface area contributed by atoms with E-state index < -0.39 is 10.0 Å². The first-order valence-electron chi connectivity index (χ1n) is 9.40. The molecule has 4 aromatic rings. The van der Waals surface area contributed by atoms with Gasteiger partial charge < -0.3 is 5.73 Å². The zero-order valence-corrected chi connectivity index (χ0v) is 17.1. The van der Waals surface area contributed by atoms with E-state index in [0.717, 1.165) is 5.39 Å². The number of para-hydroxylation sites is 1. The van der Waals surface area contributed by atoms with Crippen molar-refractivity contribution in [1.29, 1.82) is 0 Å². The maximum atomic E-state index is 13.7. The van der Waals surface area contributed by atoms with Crippen molar-refractivity contribution in [3.63, 3.8) is 0 Å². The summed E-state index contributed by atoms with van der Waals surface area (Å²) in [6, 6.07) is 22.6. The Morgan fingerprint density at radius 1 is 0.900 bits per heavy atom. The molecule has 7 heteroatoms. The number of rotatable bonds is 4. The fourth-order valence-corrected chi connectivity index (χ4v) is 4.20. The van der Waals surface area contributed by atoms with Gasteiger partial charge in [0.05, 0.1) is 10.3 Å². The molecule has 0 aliphatic rings. The van der Waals surface area contributed by atoms with Crippen LogP contribution in [0.25, 0.3) is 27.6 Å². The Hall–Kier alpha value is -3.26. The van der Waals surface area contributed by atoms with Crippen molar-refractivity contribution < 1.29 is 8.42 Å². The molecule has 3 aromatic carbocycles. The van der Waals surface area contributed by atoms with Gasteiger partial charge in [0.1, 0.15) is 0 Å². The molecule has 1 aromatic heterocycles. The summed E-state index contributed by atoms with van der Waals surface area (Å²) in [4.78, 5) is 13.7. The Balaban J connectivity index is 2.09. The lowest BCUT2D eigenvalue weighted by atomic mass is 9.98. The summed E-state index contributed by atoms with van der Waals surface area (Å²) in [5.74, 6) is 0. The number of primary sulfonamides is 1. The third kappa shape index (κ3) is 3.54. The van der Waals surface area contributed by atoms with Gasteiger partial charge in [-0.15, -0.1) is 0 Å². The van der Waals surface area contributed by atoms with Crippen LogP contribution < -0.4 is 16.4 Å². The second-order valence-corrected chi connectivity index (χ2v) is 8.74. The highest BCUT2D eigenvalue weighted by atomic mass is 32.2. The smallest absolute Gasteiger partial charge is 0.263 e. The predicted octanol–water partition coefficient (Wildman–Crippen LogP) is 3.32. The molecular weight excluding hydrogens is 398 g/mol. The van der Waals surface area contributed by atoms with Gasteiger partial charge in [0.15, 0.2) is 0 Å². The van der Waals surface area contributed by atoms with Crippen LogP contribution in [0.3, 0.4) is 0 Å². The minimum absolute atomic E-state index is 0.00686. The van der Waals surface area contributed by atoms with Crippen LogP contribution in [-0.4, -0.2) is 13.0 Å². The summed E-state index contributed by atoms with van der Waals surface area (Å²) in [7, 11) is -3.87. The minimum atomic E-state index is -3.87. The SMILES string of the molecule is C[C@H](N)c1cc2cccc(-c3cccc(S(N)(=O)=O)c3)c2c(=O)n1-c1ccccc1. The van der Waals surface area contributed by atoms with E-state index in [1.807, 2.05) is 55.5 Å². The number of benzene rings is 3. The van der Waals surface area contributed by atoms with Crippen LogP contribution >= 0.6 is 0 Å². The summed E-state index contributed by atoms with van der Waals surface area (Å²) in [5.41, 5.74) is 8.59. The van der Waals surface area contributed by atoms with Gasteiger partial charge in [-0.05, 0) is 53.8 Å². The molecule has 1 atom stereocenters. The van der Waals surface area contributed by atoms with Crippen molar-refractivity contribution >= 4 is 20.8 Å². The van der Waals surface area contributed by atoms with Gasteiger partial charge in [0, 0.05) is 17.4 Å². The van der Waals surface area contributed by atoms with Crippen LogP contribution in [-0.2, 0) is 10.0 Å². The topological polar surface area (TPSA) is 108 Å². The van der Waals surface area contributed by atoms with E-state index in [9.17, 15) is 13.2 Å². The number of nitrogens with zero attached hydrogens (tertiary/aromatic N) is 1. The molecule has 4 N–H and O–H groups in total. The average Bonchev–Trinajstić information content (AvgIpc) is 2.73. The molecule has 1 heterocycles. The molecule has 0 amide bonds. The van der Waals surface area contributed by atoms with E-state index in [-0.39, 0.29) is 16.5 Å². The molecule has 0 saturated heterocycles. The van der Waals surface area contributed by atoms with Gasteiger partial charge in [-0.3, -0.25) is 9.36 Å². The van der Waals surface area contributed by atoms with Crippen molar-refractivity contribution in [2.24, 2.45) is 10.9 Å². The lowest BCUT2D eigenvalue weighted by Crippen LogP contribution is -2.26. The van der Waals surface area contributed by atoms with Crippen LogP contribution in [0.15, 0.2) is 88.6 Å². The van der Waals surface area contributed by atoms with Crippen molar-refractivity contribution in [2.45, 2.75) is 17.9 Å². The van der Waals surface area contributed by atoms with Crippen LogP contribution in [0.5, 0.6) is 0 Å². The fourth-order valence-electron chi connectivity index (χ4n) is 3.64. The Morgan fingerprint density at radius 2 is 1.60 bits per heavy atom. The molecule has 0 spiro atoms. The molecule has 6 nitrogen and oxygen atoms in total. The predicted molar refractivity (Wildman–Crippen MR) is 119 cm³/mol. The Morgan fingerprint density at radius 3 is 2.27 bits per heavy atom. The zero-order chi connectivity index (χ0) is 21.5. The zero-order valence-electron chi connectivity index (χ0n) is 16.3. The van der Waals surface area contributed by atoms with Crippen molar-refractivity contribution in [3.8, 4) is 16.8 Å². The number of aromatic nitrogens is 1. The summed E-state index contributed by atoms with van der Waals surface area (Å²) < 4.78 is 25.2. The summed E-state index contributed by atoms with van der Waals surface area (Å²) in [6.45, 7) is 1.83. The summed E-state index contributed by atoms with van der Waals surface area (Å²) in [5, 5.41) is 6.51. The second-order valence-electron chi connectivity index (χ2n) is 7.18. The van der Waals surface area contributed by atoms with Gasteiger partial charge in [-0.25, -0.2) is 13.6 Å². The first-order valence-corrected chi connectivity index (χ1v) is 10.9. The van der Waals surface area contributed by atoms with Crippen LogP contribution in [0.2, 0.25) is 0 Å². The van der Waals surface area contributed by atoms with E-state index in [2.05, 4.69) is 0 Å². The van der Waals surface area contributed by atoms with Crippen molar-refractivity contribution in [3.05, 3.63) is 94.9 Å². The van der Waals surface area contributed by atoms with E-state index in [1.165, 1.54) is 12.1 Å². The molecule has 0 bridgehead atoms. The largest absolute Gasteiger partial charge is 0.323 e. The third-order valence-electron chi connectivity index (χ3n) is 5.03. The Bertz CT molecular complexity index is 1410. The molecule has 4 rings (SSSR count). The van der Waals surface area contributed by atoms with Crippen LogP contribution in [0, 0.1) is 0 Å². The number of fused-ring (bicyclic) bond motifs is 1. The van der Waals surface area contributed by atoms with E-state index >= 15 is 0 Å². The van der Waals surface area contributed by atoms with Gasteiger partial charge in [0.2, 0.25) is 10.0 Å². The van der Waals surface area contributed by atoms with Crippen molar-refractivity contribution in [1.82, 2.24) is 4.57 Å². The monoisotopic (exact) mass is 419 g/mol. The molecule has 152 valence electrons. The van der Waals surface area contributed by atoms with Gasteiger partial charge >= 0.3 is 0 Å². The first-order chi connectivity index (χ1) is 14.3. The van der Waals surface area contributed by atoms with Crippen LogP contribution in [0.1, 0.15) is 18.7 Å². The molecule has 30 heavy (non-hydrogen) atoms. The highest BCUT2D eigenvalue weighted by Crippen LogP contribution is 2.30. The summed E-state index contributed by atoms with van der Waals surface area (Å²) in [6.07, 6.45) is 0. The summed E-state index contributed by atoms with van der Waals surface area (Å²) >= 11 is 0. The van der Waals surface area contributed by atoms with E-state index in [1.54, 1.807) is 22.8 Å². The maximum Gasteiger partial charge on any atom is 0.263 e. The molecule has 0 saturated carbocycles. The van der Waals surface area contributed by atoms with Gasteiger partial charge in [0.25, 0.3) is 5.56 Å². The molecule has 0 aliphatic carbocycles. The fraction of sp³-hybridized carbons (Fsp3) is 0.0870. The lowest BCUT2D eigenvalue weighted by Gasteiger charge is -2.18. The molecule has 0 fully saturated rings. The van der Waals surface area contributed by atoms with Crippen LogP contribution in [0.4, 0.5) is 0 Å². The van der Waals surface area contributed by atoms with Gasteiger partial charge in [-0.2, -0.15) is 0 Å². The molecule has 0 aliphatic heterocycles. The quantitative estimate of drug-likeness (QED) is 0.529. The Kier molecular flexibility index (Phi) is 5.03. The molecular formula is C23H21N3O3S. The number of hydrogen-bond donors (Lipinski definition) is 2. The molecule has 0 radical (unpaired) electrons. The number of sulfonamides is 1. The lowest BCUT2D eigenvalue weighted by molar-refractivity contribution is 0.598. The third-order valence-corrected chi connectivity index (χ3v) is 5.94. The average molecular weight is 420 g/mol. The first kappa shape index (κ1) is 20.0. The maximum absolute atomic E-state index is 13.7. The number of nitrogens with two attached hydrogens (primary N) is 2. The minimum Gasteiger partial charge on any atom is -0.323 e. The standard InChI is InChI=1S/C23H21N3O3S/c1-15(24)21-14-17-8-6-12-20(16-7-5-11-19(13-16)30(25,28)29)22(17)23(27)26(21)18-9-3-2-4-10-18/h2-15H,24H2,1H3,(H2,25,28,29)/t15-/m0/s1. The van der Waals surface area contributed by atoms with E-state index in [0.29, 0.717) is 27.9 Å². The Labute approximate surface area is 174 Å². The second kappa shape index (κ2) is 7.53.